The standard InChI is InChI=1S/C11H17ClN2S/c1-11(4-2-3-5-11)8-13-7-10-14-6-9(12)15-10/h6,13H,2-5,7-8H2,1H3. The molecule has 1 heterocycles. The van der Waals surface area contributed by atoms with Gasteiger partial charge in [-0.05, 0) is 18.3 Å². The van der Waals surface area contributed by atoms with E-state index in [1.54, 1.807) is 17.5 Å². The summed E-state index contributed by atoms with van der Waals surface area (Å²) >= 11 is 7.38. The van der Waals surface area contributed by atoms with Crippen LogP contribution in [0, 0.1) is 5.41 Å². The molecule has 1 N–H and O–H groups in total. The average Bonchev–Trinajstić information content (AvgIpc) is 2.76. The summed E-state index contributed by atoms with van der Waals surface area (Å²) in [6, 6.07) is 0. The Kier molecular flexibility index (Phi) is 3.65. The highest BCUT2D eigenvalue weighted by Crippen LogP contribution is 2.36. The van der Waals surface area contributed by atoms with Crippen molar-refractivity contribution in [3.05, 3.63) is 15.5 Å². The van der Waals surface area contributed by atoms with E-state index in [1.165, 1.54) is 25.7 Å². The molecule has 1 aromatic rings. The first-order valence-corrected chi connectivity index (χ1v) is 6.68. The third-order valence-electron chi connectivity index (χ3n) is 3.16. The minimum absolute atomic E-state index is 0.515. The summed E-state index contributed by atoms with van der Waals surface area (Å²) in [5, 5.41) is 4.57. The number of halogens is 1. The van der Waals surface area contributed by atoms with Gasteiger partial charge in [0.05, 0.1) is 6.20 Å². The van der Waals surface area contributed by atoms with Crippen LogP contribution < -0.4 is 5.32 Å². The molecule has 0 aliphatic heterocycles. The number of nitrogens with zero attached hydrogens (tertiary/aromatic N) is 1. The summed E-state index contributed by atoms with van der Waals surface area (Å²) in [6.07, 6.45) is 7.22. The minimum atomic E-state index is 0.515. The van der Waals surface area contributed by atoms with Gasteiger partial charge in [-0.2, -0.15) is 0 Å². The second kappa shape index (κ2) is 4.81. The quantitative estimate of drug-likeness (QED) is 0.878. The van der Waals surface area contributed by atoms with Crippen LogP contribution in [0.25, 0.3) is 0 Å². The van der Waals surface area contributed by atoms with Crippen LogP contribution in [0.15, 0.2) is 6.20 Å². The molecule has 0 atom stereocenters. The molecule has 0 aromatic carbocycles. The van der Waals surface area contributed by atoms with Gasteiger partial charge < -0.3 is 5.32 Å². The molecular formula is C11H17ClN2S. The largest absolute Gasteiger partial charge is 0.310 e. The zero-order valence-corrected chi connectivity index (χ0v) is 10.6. The van der Waals surface area contributed by atoms with Crippen LogP contribution >= 0.6 is 22.9 Å². The van der Waals surface area contributed by atoms with Crippen LogP contribution in [0.2, 0.25) is 4.34 Å². The predicted octanol–water partition coefficient (Wildman–Crippen LogP) is 3.47. The van der Waals surface area contributed by atoms with Gasteiger partial charge >= 0.3 is 0 Å². The molecule has 0 unspecified atom stereocenters. The molecule has 1 saturated carbocycles. The van der Waals surface area contributed by atoms with Crippen LogP contribution in [0.3, 0.4) is 0 Å². The molecular weight excluding hydrogens is 228 g/mol. The Labute approximate surface area is 100 Å². The number of aromatic nitrogens is 1. The van der Waals surface area contributed by atoms with E-state index in [0.29, 0.717) is 5.41 Å². The van der Waals surface area contributed by atoms with Crippen LogP contribution in [0.5, 0.6) is 0 Å². The average molecular weight is 245 g/mol. The van der Waals surface area contributed by atoms with E-state index in [4.69, 9.17) is 11.6 Å². The summed E-state index contributed by atoms with van der Waals surface area (Å²) in [5.74, 6) is 0. The molecule has 2 rings (SSSR count). The summed E-state index contributed by atoms with van der Waals surface area (Å²) in [5.41, 5.74) is 0.515. The first-order valence-electron chi connectivity index (χ1n) is 5.49. The number of thiazole rings is 1. The smallest absolute Gasteiger partial charge is 0.113 e. The van der Waals surface area contributed by atoms with Crippen LogP contribution in [-0.4, -0.2) is 11.5 Å². The summed E-state index contributed by atoms with van der Waals surface area (Å²) in [4.78, 5) is 4.23. The van der Waals surface area contributed by atoms with Gasteiger partial charge in [0.1, 0.15) is 9.34 Å². The number of rotatable bonds is 4. The Bertz CT molecular complexity index is 318. The lowest BCUT2D eigenvalue weighted by Crippen LogP contribution is -2.29. The highest BCUT2D eigenvalue weighted by molar-refractivity contribution is 7.15. The van der Waals surface area contributed by atoms with E-state index in [9.17, 15) is 0 Å². The summed E-state index contributed by atoms with van der Waals surface area (Å²) in [7, 11) is 0. The molecule has 1 aromatic heterocycles. The number of nitrogens with one attached hydrogen (secondary N) is 1. The Morgan fingerprint density at radius 1 is 1.53 bits per heavy atom. The molecule has 1 fully saturated rings. The van der Waals surface area contributed by atoms with Crippen LogP contribution in [-0.2, 0) is 6.54 Å². The van der Waals surface area contributed by atoms with Crippen molar-refractivity contribution in [2.75, 3.05) is 6.54 Å². The van der Waals surface area contributed by atoms with Gasteiger partial charge in [-0.15, -0.1) is 11.3 Å². The van der Waals surface area contributed by atoms with E-state index >= 15 is 0 Å². The van der Waals surface area contributed by atoms with Crippen molar-refractivity contribution in [3.63, 3.8) is 0 Å². The van der Waals surface area contributed by atoms with Crippen molar-refractivity contribution >= 4 is 22.9 Å². The van der Waals surface area contributed by atoms with Crippen LogP contribution in [0.1, 0.15) is 37.6 Å². The zero-order valence-electron chi connectivity index (χ0n) is 9.05. The van der Waals surface area contributed by atoms with Gasteiger partial charge in [0.15, 0.2) is 0 Å². The van der Waals surface area contributed by atoms with Gasteiger partial charge in [-0.3, -0.25) is 0 Å². The van der Waals surface area contributed by atoms with E-state index in [0.717, 1.165) is 22.4 Å². The lowest BCUT2D eigenvalue weighted by atomic mass is 9.89. The molecule has 0 saturated heterocycles. The van der Waals surface area contributed by atoms with Crippen LogP contribution in [0.4, 0.5) is 0 Å². The molecule has 84 valence electrons. The third-order valence-corrected chi connectivity index (χ3v) is 4.28. The van der Waals surface area contributed by atoms with Gasteiger partial charge in [-0.25, -0.2) is 4.98 Å². The first kappa shape index (κ1) is 11.4. The van der Waals surface area contributed by atoms with Crippen molar-refractivity contribution in [1.29, 1.82) is 0 Å². The molecule has 15 heavy (non-hydrogen) atoms. The normalized spacial score (nSPS) is 19.6. The SMILES string of the molecule is CC1(CNCc2ncc(Cl)s2)CCCC1. The Hall–Kier alpha value is -0.120. The topological polar surface area (TPSA) is 24.9 Å². The molecule has 2 nitrogen and oxygen atoms in total. The molecule has 0 radical (unpaired) electrons. The fourth-order valence-electron chi connectivity index (χ4n) is 2.25. The number of hydrogen-bond donors (Lipinski definition) is 1. The Balaban J connectivity index is 1.75. The molecule has 1 aliphatic rings. The second-order valence-corrected chi connectivity index (χ2v) is 6.43. The zero-order chi connectivity index (χ0) is 10.7. The summed E-state index contributed by atoms with van der Waals surface area (Å²) < 4.78 is 0.777. The Morgan fingerprint density at radius 2 is 2.27 bits per heavy atom. The molecule has 0 spiro atoms. The summed E-state index contributed by atoms with van der Waals surface area (Å²) in [6.45, 7) is 4.33. The maximum atomic E-state index is 5.82. The minimum Gasteiger partial charge on any atom is -0.310 e. The fourth-order valence-corrected chi connectivity index (χ4v) is 3.17. The van der Waals surface area contributed by atoms with Crippen molar-refractivity contribution in [1.82, 2.24) is 10.3 Å². The third kappa shape index (κ3) is 3.16. The maximum Gasteiger partial charge on any atom is 0.113 e. The van der Waals surface area contributed by atoms with Gasteiger partial charge in [-0.1, -0.05) is 31.4 Å². The fraction of sp³-hybridized carbons (Fsp3) is 0.727. The highest BCUT2D eigenvalue weighted by Gasteiger charge is 2.27. The van der Waals surface area contributed by atoms with Crippen molar-refractivity contribution in [2.45, 2.75) is 39.2 Å². The van der Waals surface area contributed by atoms with Gasteiger partial charge in [0.25, 0.3) is 0 Å². The van der Waals surface area contributed by atoms with Gasteiger partial charge in [0, 0.05) is 13.1 Å². The van der Waals surface area contributed by atoms with E-state index < -0.39 is 0 Å². The molecule has 1 aliphatic carbocycles. The van der Waals surface area contributed by atoms with Crippen molar-refractivity contribution < 1.29 is 0 Å². The van der Waals surface area contributed by atoms with E-state index in [-0.39, 0.29) is 0 Å². The Morgan fingerprint density at radius 3 is 2.87 bits per heavy atom. The lowest BCUT2D eigenvalue weighted by molar-refractivity contribution is 0.314. The maximum absolute atomic E-state index is 5.82. The lowest BCUT2D eigenvalue weighted by Gasteiger charge is -2.23. The first-order chi connectivity index (χ1) is 7.18. The van der Waals surface area contributed by atoms with E-state index in [2.05, 4.69) is 17.2 Å². The second-order valence-electron chi connectivity index (χ2n) is 4.68. The molecule has 4 heteroatoms. The van der Waals surface area contributed by atoms with E-state index in [1.807, 2.05) is 0 Å². The predicted molar refractivity (Wildman–Crippen MR) is 65.4 cm³/mol. The molecule has 0 amide bonds. The van der Waals surface area contributed by atoms with Crippen molar-refractivity contribution in [2.24, 2.45) is 5.41 Å². The van der Waals surface area contributed by atoms with Gasteiger partial charge in [0.2, 0.25) is 0 Å². The monoisotopic (exact) mass is 244 g/mol. The number of hydrogen-bond acceptors (Lipinski definition) is 3. The molecule has 0 bridgehead atoms. The highest BCUT2D eigenvalue weighted by atomic mass is 35.5. The van der Waals surface area contributed by atoms with Crippen molar-refractivity contribution in [3.8, 4) is 0 Å².